The smallest absolute Gasteiger partial charge is 0.323 e. The maximum Gasteiger partial charge on any atom is 0.326 e. The summed E-state index contributed by atoms with van der Waals surface area (Å²) in [5.74, 6) is 0.532. The van der Waals surface area contributed by atoms with E-state index in [4.69, 9.17) is 11.6 Å². The number of rotatable bonds is 4. The molecule has 1 aliphatic carbocycles. The van der Waals surface area contributed by atoms with Gasteiger partial charge in [-0.1, -0.05) is 32.4 Å². The quantitative estimate of drug-likeness (QED) is 0.770. The SMILES string of the molecule is CN(Cc1ccc(Cl)s1)CN1C(=O)NC2(CCC(C(C)(C)C)CC2)C1=O. The second-order valence-corrected chi connectivity index (χ2v) is 10.5. The van der Waals surface area contributed by atoms with Crippen molar-refractivity contribution in [2.75, 3.05) is 13.7 Å². The van der Waals surface area contributed by atoms with Crippen LogP contribution in [0.4, 0.5) is 4.79 Å². The molecule has 1 spiro atoms. The summed E-state index contributed by atoms with van der Waals surface area (Å²) in [6, 6.07) is 3.58. The Labute approximate surface area is 164 Å². The van der Waals surface area contributed by atoms with Crippen LogP contribution >= 0.6 is 22.9 Å². The molecule has 144 valence electrons. The minimum atomic E-state index is -0.689. The Morgan fingerprint density at radius 1 is 1.31 bits per heavy atom. The van der Waals surface area contributed by atoms with Crippen molar-refractivity contribution in [1.29, 1.82) is 0 Å². The summed E-state index contributed by atoms with van der Waals surface area (Å²) in [6.07, 6.45) is 3.43. The average Bonchev–Trinajstić information content (AvgIpc) is 3.04. The predicted octanol–water partition coefficient (Wildman–Crippen LogP) is 4.32. The highest BCUT2D eigenvalue weighted by molar-refractivity contribution is 7.16. The molecule has 1 aromatic rings. The van der Waals surface area contributed by atoms with E-state index < -0.39 is 5.54 Å². The number of hydrogen-bond donors (Lipinski definition) is 1. The molecule has 1 aromatic heterocycles. The van der Waals surface area contributed by atoms with Gasteiger partial charge in [0.2, 0.25) is 0 Å². The van der Waals surface area contributed by atoms with Gasteiger partial charge in [0.1, 0.15) is 5.54 Å². The van der Waals surface area contributed by atoms with Crippen LogP contribution < -0.4 is 5.32 Å². The third kappa shape index (κ3) is 3.92. The van der Waals surface area contributed by atoms with Gasteiger partial charge in [-0.2, -0.15) is 0 Å². The van der Waals surface area contributed by atoms with E-state index in [1.807, 2.05) is 24.1 Å². The number of urea groups is 1. The third-order valence-corrected chi connectivity index (χ3v) is 6.96. The van der Waals surface area contributed by atoms with E-state index in [0.29, 0.717) is 19.1 Å². The van der Waals surface area contributed by atoms with Crippen molar-refractivity contribution >= 4 is 34.9 Å². The zero-order chi connectivity index (χ0) is 19.1. The average molecular weight is 398 g/mol. The van der Waals surface area contributed by atoms with Gasteiger partial charge in [-0.25, -0.2) is 9.69 Å². The number of carbonyl (C=O) groups excluding carboxylic acids is 2. The van der Waals surface area contributed by atoms with E-state index in [0.717, 1.165) is 34.9 Å². The molecular weight excluding hydrogens is 370 g/mol. The van der Waals surface area contributed by atoms with Crippen molar-refractivity contribution in [3.05, 3.63) is 21.3 Å². The molecule has 5 nitrogen and oxygen atoms in total. The monoisotopic (exact) mass is 397 g/mol. The molecule has 0 atom stereocenters. The lowest BCUT2D eigenvalue weighted by atomic mass is 9.67. The topological polar surface area (TPSA) is 52.6 Å². The van der Waals surface area contributed by atoms with Crippen LogP contribution in [0.25, 0.3) is 0 Å². The third-order valence-electron chi connectivity index (χ3n) is 5.75. The van der Waals surface area contributed by atoms with Crippen molar-refractivity contribution in [1.82, 2.24) is 15.1 Å². The predicted molar refractivity (Wildman–Crippen MR) is 105 cm³/mol. The molecule has 3 rings (SSSR count). The number of thiophene rings is 1. The number of nitrogens with one attached hydrogen (secondary N) is 1. The molecule has 1 N–H and O–H groups in total. The molecule has 2 aliphatic rings. The van der Waals surface area contributed by atoms with Gasteiger partial charge in [-0.3, -0.25) is 9.69 Å². The fourth-order valence-corrected chi connectivity index (χ4v) is 5.28. The second kappa shape index (κ2) is 7.13. The highest BCUT2D eigenvalue weighted by Crippen LogP contribution is 2.43. The van der Waals surface area contributed by atoms with Crippen LogP contribution in [0.5, 0.6) is 0 Å². The first-order valence-electron chi connectivity index (χ1n) is 9.18. The van der Waals surface area contributed by atoms with Crippen LogP contribution in [0, 0.1) is 11.3 Å². The first kappa shape index (κ1) is 19.6. The van der Waals surface area contributed by atoms with E-state index in [2.05, 4.69) is 26.1 Å². The number of amides is 3. The van der Waals surface area contributed by atoms with E-state index in [1.165, 1.54) is 16.2 Å². The number of nitrogens with zero attached hydrogens (tertiary/aromatic N) is 2. The summed E-state index contributed by atoms with van der Waals surface area (Å²) in [7, 11) is 1.91. The molecule has 0 radical (unpaired) electrons. The Morgan fingerprint density at radius 3 is 2.50 bits per heavy atom. The van der Waals surface area contributed by atoms with Crippen LogP contribution in [0.1, 0.15) is 51.3 Å². The van der Waals surface area contributed by atoms with Gasteiger partial charge in [0.25, 0.3) is 5.91 Å². The standard InChI is InChI=1S/C19H28ClN3O2S/c1-18(2,3)13-7-9-19(10-8-13)16(24)23(17(25)21-19)12-22(4)11-14-5-6-15(20)26-14/h5-6,13H,7-12H2,1-4H3,(H,21,25). The summed E-state index contributed by atoms with van der Waals surface area (Å²) in [4.78, 5) is 30.0. The molecule has 0 unspecified atom stereocenters. The van der Waals surface area contributed by atoms with Crippen molar-refractivity contribution in [2.45, 2.75) is 58.5 Å². The number of halogens is 1. The second-order valence-electron chi connectivity index (χ2n) is 8.75. The molecular formula is C19H28ClN3O2S. The zero-order valence-electron chi connectivity index (χ0n) is 16.0. The molecule has 0 aromatic carbocycles. The lowest BCUT2D eigenvalue weighted by Crippen LogP contribution is -2.51. The van der Waals surface area contributed by atoms with Gasteiger partial charge in [-0.15, -0.1) is 11.3 Å². The van der Waals surface area contributed by atoms with Crippen LogP contribution in [0.15, 0.2) is 12.1 Å². The van der Waals surface area contributed by atoms with Crippen LogP contribution in [0.2, 0.25) is 4.34 Å². The van der Waals surface area contributed by atoms with Crippen LogP contribution in [0.3, 0.4) is 0 Å². The lowest BCUT2D eigenvalue weighted by molar-refractivity contribution is -0.134. The molecule has 2 heterocycles. The van der Waals surface area contributed by atoms with Crippen LogP contribution in [-0.4, -0.2) is 41.0 Å². The minimum absolute atomic E-state index is 0.0640. The van der Waals surface area contributed by atoms with E-state index in [9.17, 15) is 9.59 Å². The number of carbonyl (C=O) groups is 2. The maximum atomic E-state index is 13.0. The molecule has 7 heteroatoms. The molecule has 1 saturated heterocycles. The molecule has 26 heavy (non-hydrogen) atoms. The summed E-state index contributed by atoms with van der Waals surface area (Å²) < 4.78 is 0.748. The summed E-state index contributed by atoms with van der Waals surface area (Å²) in [6.45, 7) is 7.71. The van der Waals surface area contributed by atoms with Gasteiger partial charge in [-0.05, 0) is 56.2 Å². The van der Waals surface area contributed by atoms with Crippen molar-refractivity contribution in [3.8, 4) is 0 Å². The van der Waals surface area contributed by atoms with E-state index in [-0.39, 0.29) is 17.4 Å². The Morgan fingerprint density at radius 2 is 1.96 bits per heavy atom. The highest BCUT2D eigenvalue weighted by Gasteiger charge is 2.53. The lowest BCUT2D eigenvalue weighted by Gasteiger charge is -2.40. The summed E-state index contributed by atoms with van der Waals surface area (Å²) in [5.41, 5.74) is -0.443. The number of imide groups is 1. The summed E-state index contributed by atoms with van der Waals surface area (Å²) >= 11 is 7.49. The molecule has 0 bridgehead atoms. The van der Waals surface area contributed by atoms with Crippen molar-refractivity contribution in [3.63, 3.8) is 0 Å². The summed E-state index contributed by atoms with van der Waals surface area (Å²) in [5, 5.41) is 3.01. The fraction of sp³-hybridized carbons (Fsp3) is 0.684. The van der Waals surface area contributed by atoms with Crippen molar-refractivity contribution in [2.24, 2.45) is 11.3 Å². The van der Waals surface area contributed by atoms with Gasteiger partial charge in [0, 0.05) is 11.4 Å². The van der Waals surface area contributed by atoms with E-state index >= 15 is 0 Å². The molecule has 2 fully saturated rings. The van der Waals surface area contributed by atoms with Crippen LogP contribution in [-0.2, 0) is 11.3 Å². The van der Waals surface area contributed by atoms with E-state index in [1.54, 1.807) is 0 Å². The van der Waals surface area contributed by atoms with Gasteiger partial charge < -0.3 is 5.32 Å². The Kier molecular flexibility index (Phi) is 5.39. The van der Waals surface area contributed by atoms with Gasteiger partial charge >= 0.3 is 6.03 Å². The fourth-order valence-electron chi connectivity index (χ4n) is 4.11. The molecule has 1 aliphatic heterocycles. The minimum Gasteiger partial charge on any atom is -0.323 e. The maximum absolute atomic E-state index is 13.0. The number of hydrogen-bond acceptors (Lipinski definition) is 4. The highest BCUT2D eigenvalue weighted by atomic mass is 35.5. The van der Waals surface area contributed by atoms with Gasteiger partial charge in [0.15, 0.2) is 0 Å². The largest absolute Gasteiger partial charge is 0.326 e. The molecule has 1 saturated carbocycles. The zero-order valence-corrected chi connectivity index (χ0v) is 17.5. The first-order valence-corrected chi connectivity index (χ1v) is 10.4. The molecule has 3 amide bonds. The Hall–Kier alpha value is -1.11. The Bertz CT molecular complexity index is 689. The van der Waals surface area contributed by atoms with Crippen molar-refractivity contribution < 1.29 is 9.59 Å². The Balaban J connectivity index is 1.62. The van der Waals surface area contributed by atoms with Gasteiger partial charge in [0.05, 0.1) is 11.0 Å². The first-order chi connectivity index (χ1) is 12.1. The normalized spacial score (nSPS) is 26.8.